The maximum atomic E-state index is 6.23. The van der Waals surface area contributed by atoms with Crippen molar-refractivity contribution in [1.29, 1.82) is 0 Å². The van der Waals surface area contributed by atoms with Gasteiger partial charge in [0.1, 0.15) is 0 Å². The van der Waals surface area contributed by atoms with Gasteiger partial charge in [0.25, 0.3) is 0 Å². The van der Waals surface area contributed by atoms with Gasteiger partial charge in [0.15, 0.2) is 0 Å². The van der Waals surface area contributed by atoms with Gasteiger partial charge in [0.05, 0.1) is 0 Å². The molecule has 20 heavy (non-hydrogen) atoms. The van der Waals surface area contributed by atoms with Crippen molar-refractivity contribution < 1.29 is 0 Å². The Bertz CT molecular complexity index is 195. The summed E-state index contributed by atoms with van der Waals surface area (Å²) in [6.45, 7) is 9.31. The molecule has 0 aliphatic heterocycles. The van der Waals surface area contributed by atoms with Crippen LogP contribution < -0.4 is 17.2 Å². The number of hydrogen-bond donors (Lipinski definition) is 3. The van der Waals surface area contributed by atoms with Gasteiger partial charge < -0.3 is 17.2 Å². The van der Waals surface area contributed by atoms with E-state index in [-0.39, 0.29) is 18.1 Å². The van der Waals surface area contributed by atoms with Crippen molar-refractivity contribution in [3.05, 3.63) is 0 Å². The molecule has 4 heteroatoms. The zero-order chi connectivity index (χ0) is 15.4. The smallest absolute Gasteiger partial charge is 0.0167 e. The van der Waals surface area contributed by atoms with E-state index in [4.69, 9.17) is 17.2 Å². The molecule has 0 aliphatic rings. The van der Waals surface area contributed by atoms with Crippen molar-refractivity contribution in [2.45, 2.75) is 83.8 Å². The molecule has 0 fully saturated rings. The molecule has 0 bridgehead atoms. The molecule has 3 unspecified atom stereocenters. The highest BCUT2D eigenvalue weighted by Crippen LogP contribution is 2.06. The van der Waals surface area contributed by atoms with Gasteiger partial charge in [-0.3, -0.25) is 4.90 Å². The molecule has 0 radical (unpaired) electrons. The van der Waals surface area contributed by atoms with Crippen LogP contribution in [0.1, 0.15) is 65.7 Å². The van der Waals surface area contributed by atoms with E-state index in [2.05, 4.69) is 25.7 Å². The maximum absolute atomic E-state index is 6.23. The Labute approximate surface area is 126 Å². The van der Waals surface area contributed by atoms with E-state index < -0.39 is 0 Å². The zero-order valence-corrected chi connectivity index (χ0v) is 14.0. The van der Waals surface area contributed by atoms with Crippen LogP contribution in [-0.4, -0.2) is 42.7 Å². The van der Waals surface area contributed by atoms with E-state index in [1.54, 1.807) is 0 Å². The normalized spacial score (nSPS) is 16.4. The number of nitrogens with two attached hydrogens (primary N) is 3. The van der Waals surface area contributed by atoms with Gasteiger partial charge in [-0.2, -0.15) is 0 Å². The number of unbranched alkanes of at least 4 members (excludes halogenated alkanes) is 2. The van der Waals surface area contributed by atoms with Crippen LogP contribution >= 0.6 is 0 Å². The quantitative estimate of drug-likeness (QED) is 0.484. The Hall–Kier alpha value is -0.160. The monoisotopic (exact) mass is 286 g/mol. The predicted molar refractivity (Wildman–Crippen MR) is 89.7 cm³/mol. The Balaban J connectivity index is 4.24. The fourth-order valence-corrected chi connectivity index (χ4v) is 2.46. The molecular formula is C16H38N4. The second kappa shape index (κ2) is 12.6. The van der Waals surface area contributed by atoms with E-state index in [0.717, 1.165) is 38.9 Å². The van der Waals surface area contributed by atoms with Crippen LogP contribution in [0.4, 0.5) is 0 Å². The number of nitrogens with zero attached hydrogens (tertiary/aromatic N) is 1. The zero-order valence-electron chi connectivity index (χ0n) is 14.0. The lowest BCUT2D eigenvalue weighted by molar-refractivity contribution is 0.218. The Morgan fingerprint density at radius 2 is 1.10 bits per heavy atom. The molecule has 3 atom stereocenters. The summed E-state index contributed by atoms with van der Waals surface area (Å²) in [5, 5.41) is 0. The number of hydrogen-bond acceptors (Lipinski definition) is 4. The van der Waals surface area contributed by atoms with Gasteiger partial charge in [0.2, 0.25) is 0 Å². The molecule has 0 saturated heterocycles. The largest absolute Gasteiger partial charge is 0.327 e. The fraction of sp³-hybridized carbons (Fsp3) is 1.00. The van der Waals surface area contributed by atoms with E-state index in [1.807, 2.05) is 0 Å². The molecule has 0 saturated carbocycles. The Morgan fingerprint density at radius 3 is 1.45 bits per heavy atom. The van der Waals surface area contributed by atoms with E-state index in [9.17, 15) is 0 Å². The highest BCUT2D eigenvalue weighted by atomic mass is 15.2. The summed E-state index contributed by atoms with van der Waals surface area (Å²) >= 11 is 0. The van der Waals surface area contributed by atoms with Crippen LogP contribution in [0, 0.1) is 0 Å². The van der Waals surface area contributed by atoms with Gasteiger partial charge >= 0.3 is 0 Å². The highest BCUT2D eigenvalue weighted by Gasteiger charge is 2.16. The van der Waals surface area contributed by atoms with Gasteiger partial charge in [-0.15, -0.1) is 0 Å². The molecule has 0 amide bonds. The summed E-state index contributed by atoms with van der Waals surface area (Å²) in [5.74, 6) is 0. The predicted octanol–water partition coefficient (Wildman–Crippen LogP) is 2.06. The van der Waals surface area contributed by atoms with Crippen LogP contribution in [0.5, 0.6) is 0 Å². The summed E-state index contributed by atoms with van der Waals surface area (Å²) in [6, 6.07) is 0.724. The van der Waals surface area contributed by atoms with E-state index in [1.165, 1.54) is 25.7 Å². The summed E-state index contributed by atoms with van der Waals surface area (Å²) in [5.41, 5.74) is 18.6. The molecule has 0 spiro atoms. The SMILES string of the molecule is CCCCC(N)CN(CC(N)CC)CC(N)CCCC. The summed E-state index contributed by atoms with van der Waals surface area (Å²) in [7, 11) is 0. The fourth-order valence-electron chi connectivity index (χ4n) is 2.46. The van der Waals surface area contributed by atoms with Crippen molar-refractivity contribution >= 4 is 0 Å². The first-order chi connectivity index (χ1) is 9.53. The Kier molecular flexibility index (Phi) is 12.5. The molecule has 0 rings (SSSR count). The number of rotatable bonds is 13. The molecule has 6 N–H and O–H groups in total. The minimum Gasteiger partial charge on any atom is -0.327 e. The van der Waals surface area contributed by atoms with Crippen molar-refractivity contribution in [1.82, 2.24) is 4.90 Å². The minimum atomic E-state index is 0.228. The van der Waals surface area contributed by atoms with Gasteiger partial charge in [0, 0.05) is 37.8 Å². The first kappa shape index (κ1) is 19.8. The van der Waals surface area contributed by atoms with Crippen LogP contribution in [-0.2, 0) is 0 Å². The lowest BCUT2D eigenvalue weighted by Gasteiger charge is -2.30. The topological polar surface area (TPSA) is 81.3 Å². The van der Waals surface area contributed by atoms with Gasteiger partial charge in [-0.05, 0) is 19.3 Å². The molecule has 4 nitrogen and oxygen atoms in total. The summed E-state index contributed by atoms with van der Waals surface area (Å²) in [4.78, 5) is 2.38. The van der Waals surface area contributed by atoms with Crippen molar-refractivity contribution in [3.8, 4) is 0 Å². The maximum Gasteiger partial charge on any atom is 0.0167 e. The van der Waals surface area contributed by atoms with Gasteiger partial charge in [-0.1, -0.05) is 46.5 Å². The van der Waals surface area contributed by atoms with E-state index in [0.29, 0.717) is 0 Å². The van der Waals surface area contributed by atoms with Crippen LogP contribution in [0.25, 0.3) is 0 Å². The molecule has 122 valence electrons. The third-order valence-electron chi connectivity index (χ3n) is 3.86. The first-order valence-electron chi connectivity index (χ1n) is 8.52. The lowest BCUT2D eigenvalue weighted by Crippen LogP contribution is -2.48. The summed E-state index contributed by atoms with van der Waals surface area (Å²) in [6.07, 6.45) is 8.02. The third-order valence-corrected chi connectivity index (χ3v) is 3.86. The minimum absolute atomic E-state index is 0.228. The molecule has 0 aromatic carbocycles. The average Bonchev–Trinajstić information content (AvgIpc) is 2.42. The average molecular weight is 287 g/mol. The molecule has 0 aromatic rings. The molecular weight excluding hydrogens is 248 g/mol. The highest BCUT2D eigenvalue weighted by molar-refractivity contribution is 4.76. The van der Waals surface area contributed by atoms with E-state index >= 15 is 0 Å². The molecule has 0 heterocycles. The second-order valence-corrected chi connectivity index (χ2v) is 6.19. The Morgan fingerprint density at radius 1 is 0.700 bits per heavy atom. The molecule has 0 aliphatic carbocycles. The van der Waals surface area contributed by atoms with Crippen LogP contribution in [0.2, 0.25) is 0 Å². The van der Waals surface area contributed by atoms with Crippen LogP contribution in [0.15, 0.2) is 0 Å². The van der Waals surface area contributed by atoms with Gasteiger partial charge in [-0.25, -0.2) is 0 Å². The molecule has 0 aromatic heterocycles. The standard InChI is InChI=1S/C16H38N4/c1-4-7-9-15(18)12-20(11-14(17)6-3)13-16(19)10-8-5-2/h14-16H,4-13,17-19H2,1-3H3. The first-order valence-corrected chi connectivity index (χ1v) is 8.52. The van der Waals surface area contributed by atoms with Crippen molar-refractivity contribution in [2.24, 2.45) is 17.2 Å². The van der Waals surface area contributed by atoms with Crippen molar-refractivity contribution in [2.75, 3.05) is 19.6 Å². The summed E-state index contributed by atoms with van der Waals surface area (Å²) < 4.78 is 0. The van der Waals surface area contributed by atoms with Crippen LogP contribution in [0.3, 0.4) is 0 Å². The van der Waals surface area contributed by atoms with Crippen molar-refractivity contribution in [3.63, 3.8) is 0 Å². The third kappa shape index (κ3) is 10.6. The second-order valence-electron chi connectivity index (χ2n) is 6.19. The lowest BCUT2D eigenvalue weighted by atomic mass is 10.1.